The van der Waals surface area contributed by atoms with E-state index in [1.807, 2.05) is 7.05 Å². The van der Waals surface area contributed by atoms with Crippen LogP contribution < -0.4 is 5.32 Å². The number of hydrogen-bond donors (Lipinski definition) is 1. The topological polar surface area (TPSA) is 49.4 Å². The predicted molar refractivity (Wildman–Crippen MR) is 89.1 cm³/mol. The van der Waals surface area contributed by atoms with Crippen molar-refractivity contribution >= 4 is 45.6 Å². The summed E-state index contributed by atoms with van der Waals surface area (Å²) in [6, 6.07) is 4.49. The fourth-order valence-electron chi connectivity index (χ4n) is 2.52. The number of rotatable bonds is 4. The van der Waals surface area contributed by atoms with E-state index in [-0.39, 0.29) is 22.3 Å². The Labute approximate surface area is 142 Å². The summed E-state index contributed by atoms with van der Waals surface area (Å²) in [7, 11) is -1.67. The highest BCUT2D eigenvalue weighted by atomic mass is 35.5. The Morgan fingerprint density at radius 2 is 2.10 bits per heavy atom. The molecular weight excluding hydrogens is 355 g/mol. The molecule has 8 heteroatoms. The van der Waals surface area contributed by atoms with Crippen LogP contribution in [0.2, 0.25) is 10.0 Å². The van der Waals surface area contributed by atoms with Crippen molar-refractivity contribution in [3.63, 3.8) is 0 Å². The molecule has 1 atom stereocenters. The molecule has 1 unspecified atom stereocenters. The molecule has 1 saturated heterocycles. The summed E-state index contributed by atoms with van der Waals surface area (Å²) in [5.74, 6) is 0.342. The second-order valence-corrected chi connectivity index (χ2v) is 7.75. The van der Waals surface area contributed by atoms with Gasteiger partial charge in [-0.1, -0.05) is 23.2 Å². The second kappa shape index (κ2) is 7.99. The average molecular weight is 374 g/mol. The lowest BCUT2D eigenvalue weighted by Crippen LogP contribution is -2.42. The molecule has 1 aromatic rings. The van der Waals surface area contributed by atoms with Crippen LogP contribution >= 0.6 is 35.6 Å². The Hall–Kier alpha value is -0.0400. The molecule has 2 rings (SSSR count). The molecule has 1 N–H and O–H groups in total. The molecule has 1 aliphatic rings. The van der Waals surface area contributed by atoms with Crippen molar-refractivity contribution in [1.82, 2.24) is 9.62 Å². The van der Waals surface area contributed by atoms with Crippen LogP contribution in [0.5, 0.6) is 0 Å². The largest absolute Gasteiger partial charge is 0.319 e. The Bertz CT molecular complexity index is 579. The van der Waals surface area contributed by atoms with Gasteiger partial charge in [-0.15, -0.1) is 12.4 Å². The van der Waals surface area contributed by atoms with E-state index in [9.17, 15) is 8.42 Å². The monoisotopic (exact) mass is 372 g/mol. The zero-order chi connectivity index (χ0) is 14.8. The zero-order valence-electron chi connectivity index (χ0n) is 11.7. The molecule has 0 radical (unpaired) electrons. The Morgan fingerprint density at radius 1 is 1.38 bits per heavy atom. The minimum atomic E-state index is -3.55. The summed E-state index contributed by atoms with van der Waals surface area (Å²) in [5.41, 5.74) is 0. The summed E-state index contributed by atoms with van der Waals surface area (Å²) >= 11 is 11.8. The Balaban J connectivity index is 0.00000220. The van der Waals surface area contributed by atoms with Gasteiger partial charge in [-0.25, -0.2) is 8.42 Å². The first-order valence-corrected chi connectivity index (χ1v) is 8.74. The highest BCUT2D eigenvalue weighted by molar-refractivity contribution is 7.89. The first-order chi connectivity index (χ1) is 9.45. The normalized spacial score (nSPS) is 20.0. The van der Waals surface area contributed by atoms with E-state index in [0.717, 1.165) is 19.4 Å². The van der Waals surface area contributed by atoms with Crippen molar-refractivity contribution in [3.05, 3.63) is 28.2 Å². The molecule has 4 nitrogen and oxygen atoms in total. The van der Waals surface area contributed by atoms with E-state index < -0.39 is 10.0 Å². The second-order valence-electron chi connectivity index (χ2n) is 5.00. The molecule has 0 saturated carbocycles. The van der Waals surface area contributed by atoms with Crippen LogP contribution in [0.3, 0.4) is 0 Å². The van der Waals surface area contributed by atoms with Crippen molar-refractivity contribution in [2.24, 2.45) is 5.92 Å². The van der Waals surface area contributed by atoms with Crippen LogP contribution in [-0.2, 0) is 10.0 Å². The molecule has 21 heavy (non-hydrogen) atoms. The predicted octanol–water partition coefficient (Wildman–Crippen LogP) is 3.04. The highest BCUT2D eigenvalue weighted by Gasteiger charge is 2.31. The smallest absolute Gasteiger partial charge is 0.244 e. The number of sulfonamides is 1. The Kier molecular flexibility index (Phi) is 7.24. The van der Waals surface area contributed by atoms with Crippen LogP contribution in [0.1, 0.15) is 12.8 Å². The first-order valence-electron chi connectivity index (χ1n) is 6.55. The average Bonchev–Trinajstić information content (AvgIpc) is 2.39. The lowest BCUT2D eigenvalue weighted by atomic mass is 10.00. The molecule has 0 bridgehead atoms. The van der Waals surface area contributed by atoms with Crippen LogP contribution in [0, 0.1) is 5.92 Å². The van der Waals surface area contributed by atoms with E-state index in [2.05, 4.69) is 5.32 Å². The standard InChI is InChI=1S/C13H18Cl2N2O2S.ClH/c1-16-8-10-3-2-6-17(9-10)20(18,19)13-5-4-11(14)7-12(13)15;/h4-5,7,10,16H,2-3,6,8-9H2,1H3;1H. The minimum absolute atomic E-state index is 0. The van der Waals surface area contributed by atoms with Gasteiger partial charge in [-0.05, 0) is 50.6 Å². The van der Waals surface area contributed by atoms with E-state index in [4.69, 9.17) is 23.2 Å². The first kappa shape index (κ1) is 19.0. The van der Waals surface area contributed by atoms with Gasteiger partial charge in [0.05, 0.1) is 5.02 Å². The molecule has 0 aliphatic carbocycles. The van der Waals surface area contributed by atoms with E-state index >= 15 is 0 Å². The third-order valence-corrected chi connectivity index (χ3v) is 6.07. The van der Waals surface area contributed by atoms with Crippen molar-refractivity contribution in [3.8, 4) is 0 Å². The minimum Gasteiger partial charge on any atom is -0.319 e. The molecule has 1 aliphatic heterocycles. The third-order valence-electron chi connectivity index (χ3n) is 3.49. The van der Waals surface area contributed by atoms with Gasteiger partial charge in [-0.3, -0.25) is 0 Å². The molecule has 0 amide bonds. The summed E-state index contributed by atoms with van der Waals surface area (Å²) < 4.78 is 26.8. The quantitative estimate of drug-likeness (QED) is 0.882. The van der Waals surface area contributed by atoms with Crippen LogP contribution in [0.25, 0.3) is 0 Å². The van der Waals surface area contributed by atoms with Crippen molar-refractivity contribution in [2.45, 2.75) is 17.7 Å². The fourth-order valence-corrected chi connectivity index (χ4v) is 4.83. The van der Waals surface area contributed by atoms with Crippen molar-refractivity contribution in [1.29, 1.82) is 0 Å². The Morgan fingerprint density at radius 3 is 2.71 bits per heavy atom. The summed E-state index contributed by atoms with van der Waals surface area (Å²) in [5, 5.41) is 3.71. The number of hydrogen-bond acceptors (Lipinski definition) is 3. The van der Waals surface area contributed by atoms with E-state index in [0.29, 0.717) is 24.0 Å². The summed E-state index contributed by atoms with van der Waals surface area (Å²) in [4.78, 5) is 0.133. The van der Waals surface area contributed by atoms with Crippen molar-refractivity contribution < 1.29 is 8.42 Å². The number of halogens is 3. The molecule has 0 spiro atoms. The third kappa shape index (κ3) is 4.47. The molecular formula is C13H19Cl3N2O2S. The molecule has 1 heterocycles. The molecule has 0 aromatic heterocycles. The molecule has 1 aromatic carbocycles. The SMILES string of the molecule is CNCC1CCCN(S(=O)(=O)c2ccc(Cl)cc2Cl)C1.Cl. The zero-order valence-corrected chi connectivity index (χ0v) is 14.8. The lowest BCUT2D eigenvalue weighted by molar-refractivity contribution is 0.263. The number of nitrogens with one attached hydrogen (secondary N) is 1. The van der Waals surface area contributed by atoms with Gasteiger partial charge in [0.25, 0.3) is 0 Å². The maximum Gasteiger partial charge on any atom is 0.244 e. The van der Waals surface area contributed by atoms with Gasteiger partial charge in [0.15, 0.2) is 0 Å². The number of piperidine rings is 1. The van der Waals surface area contributed by atoms with Gasteiger partial charge in [0.2, 0.25) is 10.0 Å². The van der Waals surface area contributed by atoms with Gasteiger partial charge >= 0.3 is 0 Å². The molecule has 120 valence electrons. The summed E-state index contributed by atoms with van der Waals surface area (Å²) in [6.45, 7) is 1.89. The van der Waals surface area contributed by atoms with Crippen LogP contribution in [-0.4, -0.2) is 39.4 Å². The fraction of sp³-hybridized carbons (Fsp3) is 0.538. The lowest BCUT2D eigenvalue weighted by Gasteiger charge is -2.32. The van der Waals surface area contributed by atoms with Crippen molar-refractivity contribution in [2.75, 3.05) is 26.7 Å². The molecule has 1 fully saturated rings. The maximum absolute atomic E-state index is 12.6. The van der Waals surface area contributed by atoms with Crippen LogP contribution in [0.15, 0.2) is 23.1 Å². The number of nitrogens with zero attached hydrogens (tertiary/aromatic N) is 1. The maximum atomic E-state index is 12.6. The van der Waals surface area contributed by atoms with E-state index in [1.54, 1.807) is 6.07 Å². The van der Waals surface area contributed by atoms with E-state index in [1.165, 1.54) is 16.4 Å². The van der Waals surface area contributed by atoms with Gasteiger partial charge in [-0.2, -0.15) is 4.31 Å². The van der Waals surface area contributed by atoms with Gasteiger partial charge < -0.3 is 5.32 Å². The van der Waals surface area contributed by atoms with Gasteiger partial charge in [0, 0.05) is 18.1 Å². The highest BCUT2D eigenvalue weighted by Crippen LogP contribution is 2.29. The van der Waals surface area contributed by atoms with Crippen LogP contribution in [0.4, 0.5) is 0 Å². The number of benzene rings is 1. The summed E-state index contributed by atoms with van der Waals surface area (Å²) in [6.07, 6.45) is 1.91. The van der Waals surface area contributed by atoms with Gasteiger partial charge in [0.1, 0.15) is 4.90 Å².